The lowest BCUT2D eigenvalue weighted by Gasteiger charge is -2.58. The molecule has 4 rings (SSSR count). The van der Waals surface area contributed by atoms with E-state index in [4.69, 9.17) is 11.6 Å². The molecule has 3 fully saturated rings. The van der Waals surface area contributed by atoms with E-state index in [9.17, 15) is 0 Å². The molecule has 0 radical (unpaired) electrons. The van der Waals surface area contributed by atoms with Crippen molar-refractivity contribution >= 4 is 11.6 Å². The first-order valence-corrected chi connectivity index (χ1v) is 13.5. The highest BCUT2D eigenvalue weighted by molar-refractivity contribution is 6.20. The Labute approximate surface area is 186 Å². The van der Waals surface area contributed by atoms with E-state index in [1.54, 1.807) is 5.57 Å². The SMILES string of the molecule is CC(C)CCCC[C@@H](C)[C@H]1CCC2[C@@H]3CC=C4C[C@@H](Cl)CC[C@]4(C)C3CC[C@@]21C. The highest BCUT2D eigenvalue weighted by atomic mass is 35.5. The van der Waals surface area contributed by atoms with E-state index < -0.39 is 0 Å². The van der Waals surface area contributed by atoms with Gasteiger partial charge in [0.25, 0.3) is 0 Å². The van der Waals surface area contributed by atoms with Crippen LogP contribution in [0.15, 0.2) is 11.6 Å². The third-order valence-corrected chi connectivity index (χ3v) is 10.9. The summed E-state index contributed by atoms with van der Waals surface area (Å²) in [6.07, 6.45) is 19.5. The van der Waals surface area contributed by atoms with Crippen molar-refractivity contribution in [1.82, 2.24) is 0 Å². The second kappa shape index (κ2) is 8.52. The third-order valence-electron chi connectivity index (χ3n) is 10.5. The van der Waals surface area contributed by atoms with Crippen LogP contribution in [0.4, 0.5) is 0 Å². The maximum Gasteiger partial charge on any atom is 0.0373 e. The van der Waals surface area contributed by atoms with E-state index in [1.807, 2.05) is 0 Å². The van der Waals surface area contributed by atoms with E-state index in [0.29, 0.717) is 16.2 Å². The van der Waals surface area contributed by atoms with Crippen LogP contribution in [-0.4, -0.2) is 5.38 Å². The number of allylic oxidation sites excluding steroid dienone is 2. The zero-order valence-electron chi connectivity index (χ0n) is 20.0. The summed E-state index contributed by atoms with van der Waals surface area (Å²) >= 11 is 6.57. The molecule has 0 amide bonds. The first-order chi connectivity index (χ1) is 13.8. The maximum absolute atomic E-state index is 6.57. The monoisotopic (exact) mass is 418 g/mol. The molecule has 2 unspecified atom stereocenters. The van der Waals surface area contributed by atoms with Gasteiger partial charge in [0, 0.05) is 5.38 Å². The topological polar surface area (TPSA) is 0 Å². The zero-order chi connectivity index (χ0) is 20.8. The predicted octanol–water partition coefficient (Wildman–Crippen LogP) is 9.03. The Bertz CT molecular complexity index is 605. The molecule has 166 valence electrons. The molecule has 0 saturated heterocycles. The molecule has 0 nitrogen and oxygen atoms in total. The van der Waals surface area contributed by atoms with Gasteiger partial charge in [-0.05, 0) is 97.7 Å². The Hall–Kier alpha value is 0.0300. The van der Waals surface area contributed by atoms with Crippen molar-refractivity contribution in [1.29, 1.82) is 0 Å². The van der Waals surface area contributed by atoms with Crippen LogP contribution in [-0.2, 0) is 0 Å². The summed E-state index contributed by atoms with van der Waals surface area (Å²) in [6, 6.07) is 0. The van der Waals surface area contributed by atoms with Crippen LogP contribution in [0, 0.1) is 46.3 Å². The molecule has 0 spiro atoms. The Kier molecular flexibility index (Phi) is 6.53. The van der Waals surface area contributed by atoms with E-state index in [-0.39, 0.29) is 0 Å². The van der Waals surface area contributed by atoms with Gasteiger partial charge in [0.05, 0.1) is 0 Å². The van der Waals surface area contributed by atoms with Crippen LogP contribution in [0.2, 0.25) is 0 Å². The second-order valence-electron chi connectivity index (χ2n) is 12.5. The summed E-state index contributed by atoms with van der Waals surface area (Å²) in [5, 5.41) is 0.395. The Balaban J connectivity index is 1.44. The minimum Gasteiger partial charge on any atom is -0.123 e. The fraction of sp³-hybridized carbons (Fsp3) is 0.929. The lowest BCUT2D eigenvalue weighted by Crippen LogP contribution is -2.50. The van der Waals surface area contributed by atoms with Crippen molar-refractivity contribution in [2.45, 2.75) is 117 Å². The van der Waals surface area contributed by atoms with Crippen molar-refractivity contribution in [3.8, 4) is 0 Å². The van der Waals surface area contributed by atoms with Crippen molar-refractivity contribution in [2.75, 3.05) is 0 Å². The largest absolute Gasteiger partial charge is 0.123 e. The van der Waals surface area contributed by atoms with Crippen LogP contribution < -0.4 is 0 Å². The number of hydrogen-bond donors (Lipinski definition) is 0. The van der Waals surface area contributed by atoms with E-state index in [0.717, 1.165) is 35.5 Å². The van der Waals surface area contributed by atoms with Crippen LogP contribution in [0.5, 0.6) is 0 Å². The maximum atomic E-state index is 6.57. The van der Waals surface area contributed by atoms with Gasteiger partial charge < -0.3 is 0 Å². The molecule has 0 bridgehead atoms. The fourth-order valence-electron chi connectivity index (χ4n) is 8.81. The molecule has 0 aromatic heterocycles. The van der Waals surface area contributed by atoms with Crippen LogP contribution in [0.3, 0.4) is 0 Å². The number of rotatable bonds is 6. The van der Waals surface area contributed by atoms with Gasteiger partial charge in [-0.25, -0.2) is 0 Å². The van der Waals surface area contributed by atoms with E-state index in [1.165, 1.54) is 77.0 Å². The number of hydrogen-bond acceptors (Lipinski definition) is 0. The molecular weight excluding hydrogens is 372 g/mol. The van der Waals surface area contributed by atoms with Gasteiger partial charge in [-0.15, -0.1) is 11.6 Å². The first kappa shape index (κ1) is 22.2. The summed E-state index contributed by atoms with van der Waals surface area (Å²) in [7, 11) is 0. The molecule has 0 aliphatic heterocycles. The third kappa shape index (κ3) is 3.99. The second-order valence-corrected chi connectivity index (χ2v) is 13.1. The number of fused-ring (bicyclic) bond motifs is 5. The summed E-state index contributed by atoms with van der Waals surface area (Å²) in [5.41, 5.74) is 2.82. The van der Waals surface area contributed by atoms with Gasteiger partial charge >= 0.3 is 0 Å². The number of alkyl halides is 1. The lowest BCUT2D eigenvalue weighted by molar-refractivity contribution is -0.0498. The number of halogens is 1. The number of unbranched alkanes of at least 4 members (excludes halogenated alkanes) is 1. The van der Waals surface area contributed by atoms with E-state index >= 15 is 0 Å². The fourth-order valence-corrected chi connectivity index (χ4v) is 9.09. The van der Waals surface area contributed by atoms with Gasteiger partial charge in [0.15, 0.2) is 0 Å². The minimum atomic E-state index is 0.395. The Morgan fingerprint density at radius 1 is 0.966 bits per heavy atom. The van der Waals surface area contributed by atoms with E-state index in [2.05, 4.69) is 40.7 Å². The molecule has 0 aromatic rings. The lowest BCUT2D eigenvalue weighted by atomic mass is 9.47. The predicted molar refractivity (Wildman–Crippen MR) is 127 cm³/mol. The summed E-state index contributed by atoms with van der Waals surface area (Å²) in [6.45, 7) is 12.7. The minimum absolute atomic E-state index is 0.395. The van der Waals surface area contributed by atoms with Gasteiger partial charge in [0.2, 0.25) is 0 Å². The molecule has 0 N–H and O–H groups in total. The average Bonchev–Trinajstić information content (AvgIpc) is 3.03. The molecule has 4 aliphatic carbocycles. The van der Waals surface area contributed by atoms with Gasteiger partial charge in [-0.1, -0.05) is 72.0 Å². The van der Waals surface area contributed by atoms with Crippen LogP contribution >= 0.6 is 11.6 Å². The van der Waals surface area contributed by atoms with Gasteiger partial charge in [-0.3, -0.25) is 0 Å². The average molecular weight is 419 g/mol. The zero-order valence-corrected chi connectivity index (χ0v) is 20.7. The van der Waals surface area contributed by atoms with Crippen molar-refractivity contribution in [3.63, 3.8) is 0 Å². The summed E-state index contributed by atoms with van der Waals surface area (Å²) < 4.78 is 0. The van der Waals surface area contributed by atoms with Crippen molar-refractivity contribution in [2.24, 2.45) is 46.3 Å². The summed E-state index contributed by atoms with van der Waals surface area (Å²) in [4.78, 5) is 0. The smallest absolute Gasteiger partial charge is 0.0373 e. The Morgan fingerprint density at radius 2 is 1.72 bits per heavy atom. The van der Waals surface area contributed by atoms with Crippen LogP contribution in [0.25, 0.3) is 0 Å². The molecule has 8 atom stereocenters. The van der Waals surface area contributed by atoms with Gasteiger partial charge in [-0.2, -0.15) is 0 Å². The molecule has 29 heavy (non-hydrogen) atoms. The Morgan fingerprint density at radius 3 is 2.48 bits per heavy atom. The highest BCUT2D eigenvalue weighted by Crippen LogP contribution is 2.67. The van der Waals surface area contributed by atoms with Crippen LogP contribution in [0.1, 0.15) is 112 Å². The molecule has 0 aromatic carbocycles. The standard InChI is InChI=1S/C28H47Cl/c1-19(2)8-6-7-9-20(3)24-12-13-25-23-11-10-21-18-22(29)14-16-27(21,4)26(23)15-17-28(24,25)5/h10,19-20,22-26H,6-9,11-18H2,1-5H3/t20-,22+,23+,24-,25?,26?,27+,28-/m1/s1. The van der Waals surface area contributed by atoms with Gasteiger partial charge in [0.1, 0.15) is 0 Å². The first-order valence-electron chi connectivity index (χ1n) is 13.1. The highest BCUT2D eigenvalue weighted by Gasteiger charge is 2.58. The van der Waals surface area contributed by atoms with Crippen molar-refractivity contribution < 1.29 is 0 Å². The quantitative estimate of drug-likeness (QED) is 0.229. The molecule has 1 heteroatoms. The summed E-state index contributed by atoms with van der Waals surface area (Å²) in [5.74, 6) is 5.63. The van der Waals surface area contributed by atoms with Crippen molar-refractivity contribution in [3.05, 3.63) is 11.6 Å². The normalized spacial score (nSPS) is 45.3. The molecule has 3 saturated carbocycles. The molecule has 4 aliphatic rings. The molecular formula is C28H47Cl. The molecule has 0 heterocycles.